The Balaban J connectivity index is 0.00000294. The third kappa shape index (κ3) is 4.94. The van der Waals surface area contributed by atoms with Gasteiger partial charge in [0.1, 0.15) is 0 Å². The monoisotopic (exact) mass is 737 g/mol. The van der Waals surface area contributed by atoms with Crippen LogP contribution in [0.5, 0.6) is 0 Å². The van der Waals surface area contributed by atoms with Crippen LogP contribution in [0.4, 0.5) is 0 Å². The van der Waals surface area contributed by atoms with Crippen LogP contribution in [0.3, 0.4) is 0 Å². The summed E-state index contributed by atoms with van der Waals surface area (Å²) in [5.41, 5.74) is 4.21. The van der Waals surface area contributed by atoms with Gasteiger partial charge in [-0.3, -0.25) is 0 Å². The van der Waals surface area contributed by atoms with Gasteiger partial charge in [-0.05, 0) is 0 Å². The van der Waals surface area contributed by atoms with Gasteiger partial charge in [-0.2, -0.15) is 0 Å². The van der Waals surface area contributed by atoms with Crippen LogP contribution in [-0.2, 0) is 21.1 Å². The van der Waals surface area contributed by atoms with Crippen LogP contribution >= 0.6 is 0 Å². The van der Waals surface area contributed by atoms with Gasteiger partial charge >= 0.3 is 240 Å². The average Bonchev–Trinajstić information content (AvgIpc) is 3.69. The van der Waals surface area contributed by atoms with Crippen molar-refractivity contribution < 1.29 is 21.1 Å². The second-order valence-electron chi connectivity index (χ2n) is 9.24. The Hall–Kier alpha value is -3.61. The van der Waals surface area contributed by atoms with E-state index in [2.05, 4.69) is 82.6 Å². The van der Waals surface area contributed by atoms with Crippen LogP contribution < -0.4 is 9.05 Å². The van der Waals surface area contributed by atoms with Crippen LogP contribution in [0.25, 0.3) is 33.9 Å². The van der Waals surface area contributed by atoms with Crippen molar-refractivity contribution in [3.63, 3.8) is 0 Å². The zero-order valence-corrected chi connectivity index (χ0v) is 25.3. The first-order valence-corrected chi connectivity index (χ1v) is 18.4. The molecule has 0 spiro atoms. The summed E-state index contributed by atoms with van der Waals surface area (Å²) >= 11 is -2.96. The molecule has 0 atom stereocenters. The quantitative estimate of drug-likeness (QED) is 0.186. The zero-order chi connectivity index (χ0) is 25.2. The summed E-state index contributed by atoms with van der Waals surface area (Å²) in [5, 5.41) is 8.90. The minimum atomic E-state index is -2.96. The molecule has 0 aliphatic rings. The molecule has 0 bridgehead atoms. The maximum Gasteiger partial charge on any atom is 2.00 e. The smallest absolute Gasteiger partial charge is 2.00 e. The van der Waals surface area contributed by atoms with Crippen LogP contribution in [0.1, 0.15) is 0 Å². The van der Waals surface area contributed by atoms with E-state index in [1.165, 1.54) is 0 Å². The fourth-order valence-electron chi connectivity index (χ4n) is 4.44. The number of aromatic nitrogens is 6. The van der Waals surface area contributed by atoms with Gasteiger partial charge in [0.2, 0.25) is 0 Å². The molecule has 6 rings (SSSR count). The summed E-state index contributed by atoms with van der Waals surface area (Å²) in [5.74, 6) is 6.19. The van der Waals surface area contributed by atoms with Crippen LogP contribution in [-0.4, -0.2) is 42.8 Å². The molecule has 0 saturated heterocycles. The van der Waals surface area contributed by atoms with Crippen LogP contribution in [0, 0.1) is 12.4 Å². The van der Waals surface area contributed by atoms with Gasteiger partial charge in [0.15, 0.2) is 0 Å². The van der Waals surface area contributed by atoms with Crippen molar-refractivity contribution in [2.45, 2.75) is 11.5 Å². The van der Waals surface area contributed by atoms with E-state index in [1.807, 2.05) is 36.4 Å². The molecule has 0 saturated carbocycles. The molecule has 6 nitrogen and oxygen atoms in total. The minimum absolute atomic E-state index is 0. The van der Waals surface area contributed by atoms with Gasteiger partial charge in [0, 0.05) is 0 Å². The predicted molar refractivity (Wildman–Crippen MR) is 148 cm³/mol. The van der Waals surface area contributed by atoms with Crippen molar-refractivity contribution in [1.82, 2.24) is 29.5 Å². The Bertz CT molecular complexity index is 1510. The molecule has 0 radical (unpaired) electrons. The van der Waals surface area contributed by atoms with Crippen LogP contribution in [0.2, 0.25) is 11.5 Å². The molecule has 0 N–H and O–H groups in total. The van der Waals surface area contributed by atoms with E-state index in [0.29, 0.717) is 0 Å². The van der Waals surface area contributed by atoms with Crippen molar-refractivity contribution in [3.8, 4) is 33.9 Å². The number of benzene rings is 2. The topological polar surface area (TPSA) is 61.4 Å². The minimum Gasteiger partial charge on any atom is 2.00 e. The zero-order valence-electron chi connectivity index (χ0n) is 20.9. The van der Waals surface area contributed by atoms with E-state index in [0.717, 1.165) is 42.9 Å². The Morgan fingerprint density at radius 1 is 0.579 bits per heavy atom. The Labute approximate surface area is 239 Å². The summed E-state index contributed by atoms with van der Waals surface area (Å²) in [7, 11) is 0. The van der Waals surface area contributed by atoms with Crippen molar-refractivity contribution >= 4 is 22.3 Å². The molecule has 0 aliphatic carbocycles. The number of nitrogens with zero attached hydrogens (tertiary/aromatic N) is 6. The molecule has 8 heteroatoms. The van der Waals surface area contributed by atoms with Crippen molar-refractivity contribution in [2.24, 2.45) is 0 Å². The summed E-state index contributed by atoms with van der Waals surface area (Å²) < 4.78 is 5.57. The summed E-state index contributed by atoms with van der Waals surface area (Å²) in [6.45, 7) is 0. The van der Waals surface area contributed by atoms with Gasteiger partial charge in [-0.1, -0.05) is 0 Å². The summed E-state index contributed by atoms with van der Waals surface area (Å²) in [6, 6.07) is 32.7. The van der Waals surface area contributed by atoms with E-state index in [-0.39, 0.29) is 21.1 Å². The maximum atomic E-state index is 5.19. The molecule has 2 aromatic carbocycles. The van der Waals surface area contributed by atoms with Crippen molar-refractivity contribution in [2.75, 3.05) is 0 Å². The van der Waals surface area contributed by atoms with Crippen molar-refractivity contribution in [1.29, 1.82) is 0 Å². The molecular weight excluding hydrogens is 712 g/mol. The summed E-state index contributed by atoms with van der Waals surface area (Å²) in [6.07, 6.45) is 9.79. The average molecular weight is 736 g/mol. The second kappa shape index (κ2) is 11.0. The Morgan fingerprint density at radius 2 is 1.00 bits per heavy atom. The van der Waals surface area contributed by atoms with E-state index >= 15 is 0 Å². The van der Waals surface area contributed by atoms with Gasteiger partial charge in [0.05, 0.1) is 0 Å². The number of hydrogen-bond donors (Lipinski definition) is 0. The van der Waals surface area contributed by atoms with Gasteiger partial charge in [-0.15, -0.1) is 0 Å². The van der Waals surface area contributed by atoms with E-state index in [1.54, 1.807) is 33.9 Å². The van der Waals surface area contributed by atoms with E-state index in [4.69, 9.17) is 9.97 Å². The Morgan fingerprint density at radius 3 is 1.37 bits per heavy atom. The third-order valence-electron chi connectivity index (χ3n) is 6.51. The Kier molecular flexibility index (Phi) is 7.54. The van der Waals surface area contributed by atoms with Crippen molar-refractivity contribution in [3.05, 3.63) is 122 Å². The van der Waals surface area contributed by atoms with Gasteiger partial charge in [-0.25, -0.2) is 0 Å². The number of pyridine rings is 2. The fourth-order valence-corrected chi connectivity index (χ4v) is 8.71. The van der Waals surface area contributed by atoms with E-state index < -0.39 is 13.3 Å². The number of rotatable bonds is 6. The molecule has 6 aromatic rings. The molecule has 4 aromatic heterocycles. The molecule has 4 heterocycles. The SMILES string of the molecule is [CH3][Ge]([CH3])([c]1ccc(-c2ccccc2)c(-n2[c-]ccn2)n1)[c]1ccc(-c2ccccc2)c(-n2[c-]ccn2)n1.[Pt+2]. The molecule has 0 aliphatic heterocycles. The predicted octanol–water partition coefficient (Wildman–Crippen LogP) is 4.60. The standard InChI is InChI=1S/C30H24GeN6.Pt/c1-31(2,27-17-15-25(23-11-5-3-6-12-23)29(34-27)36-21-9-19-32-36)28-18-16-26(24-13-7-4-8-14-24)30(35-28)37-22-10-20-33-37;/h3-20H,1-2H3;/q-2;+2. The maximum absolute atomic E-state index is 5.19. The summed E-state index contributed by atoms with van der Waals surface area (Å²) in [4.78, 5) is 10.4. The van der Waals surface area contributed by atoms with E-state index in [9.17, 15) is 0 Å². The molecule has 0 unspecified atom stereocenters. The first kappa shape index (κ1) is 26.0. The molecule has 38 heavy (non-hydrogen) atoms. The first-order chi connectivity index (χ1) is 18.1. The van der Waals surface area contributed by atoms with Gasteiger partial charge < -0.3 is 0 Å². The molecular formula is C30H24GeN6Pt. The normalized spacial score (nSPS) is 11.2. The molecule has 188 valence electrons. The molecule has 0 amide bonds. The second-order valence-corrected chi connectivity index (χ2v) is 18.2. The van der Waals surface area contributed by atoms with Crippen LogP contribution in [0.15, 0.2) is 109 Å². The third-order valence-corrected chi connectivity index (χ3v) is 13.1. The first-order valence-electron chi connectivity index (χ1n) is 12.1. The largest absolute Gasteiger partial charge is 2.00 e. The molecule has 0 fully saturated rings. The fraction of sp³-hybridized carbons (Fsp3) is 0.0667. The van der Waals surface area contributed by atoms with Gasteiger partial charge in [0.25, 0.3) is 0 Å². The number of hydrogen-bond acceptors (Lipinski definition) is 4.